The number of furan rings is 1. The number of nitrogens with one attached hydrogen (secondary N) is 1. The van der Waals surface area contributed by atoms with Crippen molar-refractivity contribution in [3.63, 3.8) is 0 Å². The molecule has 31 heavy (non-hydrogen) atoms. The second-order valence-corrected chi connectivity index (χ2v) is 9.04. The fourth-order valence-corrected chi connectivity index (χ4v) is 4.35. The van der Waals surface area contributed by atoms with Crippen LogP contribution in [-0.4, -0.2) is 20.1 Å². The van der Waals surface area contributed by atoms with Crippen molar-refractivity contribution in [3.05, 3.63) is 82.8 Å². The second-order valence-electron chi connectivity index (χ2n) is 7.38. The van der Waals surface area contributed by atoms with Gasteiger partial charge in [-0.25, -0.2) is 4.79 Å². The molecule has 0 saturated heterocycles. The van der Waals surface area contributed by atoms with Crippen molar-refractivity contribution in [2.24, 2.45) is 5.10 Å². The highest BCUT2D eigenvalue weighted by Gasteiger charge is 2.29. The van der Waals surface area contributed by atoms with Crippen LogP contribution in [0.2, 0.25) is 0 Å². The Morgan fingerprint density at radius 2 is 1.74 bits per heavy atom. The average molecular weight is 439 g/mol. The molecule has 0 atom stereocenters. The Morgan fingerprint density at radius 3 is 2.45 bits per heavy atom. The van der Waals surface area contributed by atoms with Crippen LogP contribution in [0.25, 0.3) is 0 Å². The number of sulfonamides is 1. The van der Waals surface area contributed by atoms with Gasteiger partial charge in [-0.1, -0.05) is 35.9 Å². The third kappa shape index (κ3) is 4.39. The minimum atomic E-state index is -3.79. The van der Waals surface area contributed by atoms with Crippen LogP contribution >= 0.6 is 0 Å². The van der Waals surface area contributed by atoms with Gasteiger partial charge in [0.25, 0.3) is 10.0 Å². The standard InChI is InChI=1S/C23H22N2O5S/c1-15-11-13-17(14-12-15)29-23(26)22-16(2)21-19(9-6-10-20(21)30-22)24-25-31(27,28)18-7-4-3-5-8-18/h3-5,7-8,11-14,25H,6,9-10H2,1-2H3/b24-19+. The SMILES string of the molecule is Cc1ccc(OC(=O)c2oc3c(c2C)/C(=N/NS(=O)(=O)c2ccccc2)CCC3)cc1. The lowest BCUT2D eigenvalue weighted by atomic mass is 9.93. The predicted molar refractivity (Wildman–Crippen MR) is 116 cm³/mol. The predicted octanol–water partition coefficient (Wildman–Crippen LogP) is 4.13. The van der Waals surface area contributed by atoms with Crippen molar-refractivity contribution >= 4 is 21.7 Å². The molecule has 8 heteroatoms. The van der Waals surface area contributed by atoms with Gasteiger partial charge < -0.3 is 9.15 Å². The number of ether oxygens (including phenoxy) is 1. The largest absolute Gasteiger partial charge is 0.453 e. The van der Waals surface area contributed by atoms with Gasteiger partial charge in [0.2, 0.25) is 5.76 Å². The number of nitrogens with zero attached hydrogens (tertiary/aromatic N) is 1. The molecule has 0 aliphatic heterocycles. The zero-order chi connectivity index (χ0) is 22.0. The Kier molecular flexibility index (Phi) is 5.65. The van der Waals surface area contributed by atoms with Crippen molar-refractivity contribution in [2.75, 3.05) is 0 Å². The highest BCUT2D eigenvalue weighted by Crippen LogP contribution is 2.30. The topological polar surface area (TPSA) is 98.0 Å². The van der Waals surface area contributed by atoms with Crippen LogP contribution in [0.4, 0.5) is 0 Å². The van der Waals surface area contributed by atoms with Gasteiger partial charge in [0, 0.05) is 17.5 Å². The molecule has 160 valence electrons. The Morgan fingerprint density at radius 1 is 1.03 bits per heavy atom. The van der Waals surface area contributed by atoms with E-state index in [0.717, 1.165) is 12.0 Å². The Labute approximate surface area is 180 Å². The maximum Gasteiger partial charge on any atom is 0.379 e. The number of rotatable bonds is 5. The number of aryl methyl sites for hydroxylation is 2. The van der Waals surface area contributed by atoms with E-state index >= 15 is 0 Å². The minimum absolute atomic E-state index is 0.103. The molecule has 1 aliphatic rings. The molecule has 0 unspecified atom stereocenters. The van der Waals surface area contributed by atoms with E-state index in [1.807, 2.05) is 19.1 Å². The smallest absolute Gasteiger partial charge is 0.379 e. The molecule has 2 aromatic carbocycles. The van der Waals surface area contributed by atoms with E-state index in [1.165, 1.54) is 12.1 Å². The van der Waals surface area contributed by atoms with Gasteiger partial charge in [-0.05, 0) is 51.0 Å². The molecule has 0 bridgehead atoms. The highest BCUT2D eigenvalue weighted by molar-refractivity contribution is 7.89. The van der Waals surface area contributed by atoms with Gasteiger partial charge >= 0.3 is 5.97 Å². The monoisotopic (exact) mass is 438 g/mol. The number of hydrazone groups is 1. The summed E-state index contributed by atoms with van der Waals surface area (Å²) in [6, 6.07) is 15.2. The van der Waals surface area contributed by atoms with E-state index in [9.17, 15) is 13.2 Å². The molecule has 0 radical (unpaired) electrons. The third-order valence-electron chi connectivity index (χ3n) is 5.10. The maximum absolute atomic E-state index is 12.7. The highest BCUT2D eigenvalue weighted by atomic mass is 32.2. The Bertz CT molecular complexity index is 1240. The number of hydrogen-bond acceptors (Lipinski definition) is 6. The van der Waals surface area contributed by atoms with Gasteiger partial charge in [-0.2, -0.15) is 18.4 Å². The lowest BCUT2D eigenvalue weighted by Gasteiger charge is -2.14. The summed E-state index contributed by atoms with van der Waals surface area (Å²) in [4.78, 5) is 15.1. The molecule has 1 aromatic heterocycles. The summed E-state index contributed by atoms with van der Waals surface area (Å²) in [5.41, 5.74) is 2.85. The fourth-order valence-electron chi connectivity index (χ4n) is 3.50. The zero-order valence-electron chi connectivity index (χ0n) is 17.2. The van der Waals surface area contributed by atoms with Crippen LogP contribution in [-0.2, 0) is 16.4 Å². The fraction of sp³-hybridized carbons (Fsp3) is 0.217. The molecule has 1 aliphatic carbocycles. The first kappa shape index (κ1) is 20.9. The van der Waals surface area contributed by atoms with Crippen LogP contribution < -0.4 is 9.57 Å². The summed E-state index contributed by atoms with van der Waals surface area (Å²) in [7, 11) is -3.79. The van der Waals surface area contributed by atoms with Crippen LogP contribution in [0.5, 0.6) is 5.75 Å². The maximum atomic E-state index is 12.7. The first-order valence-electron chi connectivity index (χ1n) is 9.90. The molecule has 1 N–H and O–H groups in total. The summed E-state index contributed by atoms with van der Waals surface area (Å²) < 4.78 is 36.2. The molecule has 0 spiro atoms. The van der Waals surface area contributed by atoms with Crippen molar-refractivity contribution in [1.82, 2.24) is 4.83 Å². The second kappa shape index (κ2) is 8.39. The third-order valence-corrected chi connectivity index (χ3v) is 6.32. The van der Waals surface area contributed by atoms with Gasteiger partial charge in [-0.3, -0.25) is 0 Å². The van der Waals surface area contributed by atoms with Gasteiger partial charge in [-0.15, -0.1) is 0 Å². The Hall–Kier alpha value is -3.39. The number of carbonyl (C=O) groups is 1. The lowest BCUT2D eigenvalue weighted by molar-refractivity contribution is 0.0698. The van der Waals surface area contributed by atoms with Crippen LogP contribution in [0.3, 0.4) is 0 Å². The van der Waals surface area contributed by atoms with Gasteiger partial charge in [0.05, 0.1) is 10.6 Å². The molecule has 0 amide bonds. The van der Waals surface area contributed by atoms with Gasteiger partial charge in [0.1, 0.15) is 11.5 Å². The average Bonchev–Trinajstić information content (AvgIpc) is 3.12. The number of fused-ring (bicyclic) bond motifs is 1. The van der Waals surface area contributed by atoms with Crippen molar-refractivity contribution in [1.29, 1.82) is 0 Å². The zero-order valence-corrected chi connectivity index (χ0v) is 18.0. The minimum Gasteiger partial charge on any atom is -0.453 e. The number of hydrogen-bond donors (Lipinski definition) is 1. The normalized spacial score (nSPS) is 14.8. The van der Waals surface area contributed by atoms with Crippen LogP contribution in [0, 0.1) is 13.8 Å². The molecule has 7 nitrogen and oxygen atoms in total. The summed E-state index contributed by atoms with van der Waals surface area (Å²) >= 11 is 0. The number of benzene rings is 2. The van der Waals surface area contributed by atoms with E-state index < -0.39 is 16.0 Å². The molecule has 1 heterocycles. The van der Waals surface area contributed by atoms with E-state index in [0.29, 0.717) is 41.2 Å². The molecule has 0 fully saturated rings. The molecular weight excluding hydrogens is 416 g/mol. The number of esters is 1. The van der Waals surface area contributed by atoms with Crippen molar-refractivity contribution in [2.45, 2.75) is 38.0 Å². The number of carbonyl (C=O) groups excluding carboxylic acids is 1. The van der Waals surface area contributed by atoms with E-state index in [2.05, 4.69) is 9.93 Å². The summed E-state index contributed by atoms with van der Waals surface area (Å²) in [6.07, 6.45) is 1.94. The molecule has 4 rings (SSSR count). The quantitative estimate of drug-likeness (QED) is 0.367. The van der Waals surface area contributed by atoms with Gasteiger partial charge in [0.15, 0.2) is 0 Å². The van der Waals surface area contributed by atoms with Crippen LogP contribution in [0.1, 0.15) is 45.8 Å². The van der Waals surface area contributed by atoms with E-state index in [1.54, 1.807) is 37.3 Å². The van der Waals surface area contributed by atoms with Crippen molar-refractivity contribution < 1.29 is 22.4 Å². The Balaban J connectivity index is 1.60. The van der Waals surface area contributed by atoms with Crippen LogP contribution in [0.15, 0.2) is 69.0 Å². The van der Waals surface area contributed by atoms with Crippen molar-refractivity contribution in [3.8, 4) is 5.75 Å². The molecule has 3 aromatic rings. The van der Waals surface area contributed by atoms with E-state index in [4.69, 9.17) is 9.15 Å². The first-order valence-corrected chi connectivity index (χ1v) is 11.4. The summed E-state index contributed by atoms with van der Waals surface area (Å²) in [5, 5.41) is 4.17. The van der Waals surface area contributed by atoms with E-state index in [-0.39, 0.29) is 10.7 Å². The summed E-state index contributed by atoms with van der Waals surface area (Å²) in [5.74, 6) is 0.539. The lowest BCUT2D eigenvalue weighted by Crippen LogP contribution is -2.22. The first-order chi connectivity index (χ1) is 14.8. The molecule has 0 saturated carbocycles. The summed E-state index contributed by atoms with van der Waals surface area (Å²) in [6.45, 7) is 3.70. The molecular formula is C23H22N2O5S.